The van der Waals surface area contributed by atoms with Gasteiger partial charge in [-0.25, -0.2) is 13.6 Å². The summed E-state index contributed by atoms with van der Waals surface area (Å²) in [5, 5.41) is -0.975. The number of halogens is 6. The van der Waals surface area contributed by atoms with Gasteiger partial charge in [-0.1, -0.05) is 11.6 Å². The quantitative estimate of drug-likeness (QED) is 0.668. The number of H-pyrrole nitrogens is 1. The molecule has 0 aromatic carbocycles. The smallest absolute Gasteiger partial charge is 0.295 e. The first-order chi connectivity index (χ1) is 7.66. The fraction of sp³-hybridized carbons (Fsp3) is 0.429. The molecule has 0 spiro atoms. The molecule has 0 saturated carbocycles. The Hall–Kier alpha value is -1.38. The van der Waals surface area contributed by atoms with Gasteiger partial charge in [0.15, 0.2) is 5.15 Å². The van der Waals surface area contributed by atoms with Crippen molar-refractivity contribution in [3.63, 3.8) is 0 Å². The van der Waals surface area contributed by atoms with Crippen LogP contribution in [0.25, 0.3) is 0 Å². The van der Waals surface area contributed by atoms with Crippen LogP contribution in [0.5, 0.6) is 0 Å². The van der Waals surface area contributed by atoms with Crippen LogP contribution in [-0.2, 0) is 6.54 Å². The molecular formula is C7H4ClF5N2O2. The van der Waals surface area contributed by atoms with E-state index < -0.39 is 41.1 Å². The molecule has 0 amide bonds. The second kappa shape index (κ2) is 4.47. The van der Waals surface area contributed by atoms with Crippen LogP contribution < -0.4 is 11.2 Å². The van der Waals surface area contributed by atoms with Gasteiger partial charge in [0.1, 0.15) is 6.54 Å². The average molecular weight is 279 g/mol. The van der Waals surface area contributed by atoms with E-state index in [0.29, 0.717) is 0 Å². The molecule has 1 N–H and O–H groups in total. The monoisotopic (exact) mass is 278 g/mol. The van der Waals surface area contributed by atoms with E-state index in [2.05, 4.69) is 0 Å². The number of alkyl halides is 4. The van der Waals surface area contributed by atoms with Crippen molar-refractivity contribution in [1.29, 1.82) is 0 Å². The summed E-state index contributed by atoms with van der Waals surface area (Å²) < 4.78 is 61.4. The van der Waals surface area contributed by atoms with Crippen LogP contribution in [0.4, 0.5) is 22.0 Å². The van der Waals surface area contributed by atoms with Gasteiger partial charge in [-0.05, 0) is 0 Å². The normalized spacial score (nSPS) is 12.2. The van der Waals surface area contributed by atoms with E-state index in [0.717, 1.165) is 0 Å². The molecule has 10 heteroatoms. The number of hydrogen-bond donors (Lipinski definition) is 1. The summed E-state index contributed by atoms with van der Waals surface area (Å²) in [6.45, 7) is -1.94. The summed E-state index contributed by atoms with van der Waals surface area (Å²) in [4.78, 5) is 23.5. The summed E-state index contributed by atoms with van der Waals surface area (Å²) in [5.41, 5.74) is -3.29. The van der Waals surface area contributed by atoms with Gasteiger partial charge >= 0.3 is 18.0 Å². The Bertz CT molecular complexity index is 538. The largest absolute Gasteiger partial charge is 0.329 e. The van der Waals surface area contributed by atoms with Crippen molar-refractivity contribution < 1.29 is 22.0 Å². The highest BCUT2D eigenvalue weighted by atomic mass is 35.5. The fourth-order valence-electron chi connectivity index (χ4n) is 0.944. The molecule has 1 aromatic rings. The Labute approximate surface area is 94.6 Å². The van der Waals surface area contributed by atoms with E-state index in [-0.39, 0.29) is 4.57 Å². The zero-order chi connectivity index (χ0) is 13.4. The molecule has 17 heavy (non-hydrogen) atoms. The molecule has 1 aromatic heterocycles. The zero-order valence-corrected chi connectivity index (χ0v) is 8.57. The van der Waals surface area contributed by atoms with Crippen LogP contribution >= 0.6 is 11.6 Å². The van der Waals surface area contributed by atoms with E-state index in [1.807, 2.05) is 0 Å². The van der Waals surface area contributed by atoms with Crippen LogP contribution in [0.15, 0.2) is 9.59 Å². The number of hydrogen-bond acceptors (Lipinski definition) is 2. The summed E-state index contributed by atoms with van der Waals surface area (Å²) in [5.74, 6) is -6.33. The maximum atomic E-state index is 12.9. The van der Waals surface area contributed by atoms with Crippen molar-refractivity contribution in [3.8, 4) is 0 Å². The molecule has 96 valence electrons. The molecule has 0 bridgehead atoms. The fourth-order valence-corrected chi connectivity index (χ4v) is 1.11. The van der Waals surface area contributed by atoms with Gasteiger partial charge < -0.3 is 0 Å². The molecule has 0 unspecified atom stereocenters. The first-order valence-corrected chi connectivity index (χ1v) is 4.38. The Balaban J connectivity index is 3.31. The summed E-state index contributed by atoms with van der Waals surface area (Å²) in [6, 6.07) is 0. The Morgan fingerprint density at radius 2 is 1.88 bits per heavy atom. The van der Waals surface area contributed by atoms with E-state index in [4.69, 9.17) is 11.6 Å². The lowest BCUT2D eigenvalue weighted by molar-refractivity contribution is -0.138. The highest BCUT2D eigenvalue weighted by Crippen LogP contribution is 2.23. The van der Waals surface area contributed by atoms with Crippen molar-refractivity contribution in [3.05, 3.63) is 31.8 Å². The maximum Gasteiger partial charge on any atom is 0.329 e. The number of aromatic nitrogens is 2. The number of rotatable bonds is 3. The number of nitrogens with zero attached hydrogens (tertiary/aromatic N) is 1. The Morgan fingerprint density at radius 3 is 2.35 bits per heavy atom. The van der Waals surface area contributed by atoms with E-state index >= 15 is 0 Å². The van der Waals surface area contributed by atoms with Gasteiger partial charge in [0.2, 0.25) is 5.82 Å². The van der Waals surface area contributed by atoms with Gasteiger partial charge in [-0.2, -0.15) is 13.2 Å². The van der Waals surface area contributed by atoms with Crippen LogP contribution in [0.2, 0.25) is 5.15 Å². The first kappa shape index (κ1) is 13.7. The Morgan fingerprint density at radius 1 is 1.35 bits per heavy atom. The van der Waals surface area contributed by atoms with Gasteiger partial charge in [-0.15, -0.1) is 0 Å². The third-order valence-corrected chi connectivity index (χ3v) is 2.04. The average Bonchev–Trinajstić information content (AvgIpc) is 2.21. The minimum atomic E-state index is -4.63. The molecule has 1 rings (SSSR count). The van der Waals surface area contributed by atoms with Gasteiger partial charge in [0.25, 0.3) is 5.56 Å². The van der Waals surface area contributed by atoms with Crippen LogP contribution in [0, 0.1) is 5.82 Å². The summed E-state index contributed by atoms with van der Waals surface area (Å²) >= 11 is 5.05. The van der Waals surface area contributed by atoms with Crippen LogP contribution in [0.3, 0.4) is 0 Å². The highest BCUT2D eigenvalue weighted by Gasteiger charge is 2.42. The summed E-state index contributed by atoms with van der Waals surface area (Å²) in [6.07, 6.45) is -4.09. The number of aromatic amines is 1. The highest BCUT2D eigenvalue weighted by molar-refractivity contribution is 6.29. The van der Waals surface area contributed by atoms with Crippen molar-refractivity contribution in [1.82, 2.24) is 9.55 Å². The molecule has 1 heterocycles. The molecule has 0 aliphatic heterocycles. The van der Waals surface area contributed by atoms with Gasteiger partial charge in [0, 0.05) is 0 Å². The van der Waals surface area contributed by atoms with Crippen LogP contribution in [0.1, 0.15) is 0 Å². The van der Waals surface area contributed by atoms with E-state index in [1.54, 1.807) is 0 Å². The first-order valence-electron chi connectivity index (χ1n) is 4.01. The second-order valence-corrected chi connectivity index (χ2v) is 3.39. The molecule has 4 nitrogen and oxygen atoms in total. The topological polar surface area (TPSA) is 54.9 Å². The van der Waals surface area contributed by atoms with E-state index in [1.165, 1.54) is 4.98 Å². The van der Waals surface area contributed by atoms with Gasteiger partial charge in [-0.3, -0.25) is 14.3 Å². The third-order valence-electron chi connectivity index (χ3n) is 1.78. The standard InChI is InChI=1S/C7H4ClF5N2O2/c8-3-2(9)4(16)15(6(17)14-3)1-7(12,13)5(10)11/h5H,1H2,(H,14,17). The molecular weight excluding hydrogens is 275 g/mol. The molecule has 0 radical (unpaired) electrons. The third kappa shape index (κ3) is 2.65. The van der Waals surface area contributed by atoms with E-state index in [9.17, 15) is 31.5 Å². The second-order valence-electron chi connectivity index (χ2n) is 3.01. The predicted molar refractivity (Wildman–Crippen MR) is 47.2 cm³/mol. The SMILES string of the molecule is O=c1[nH]c(Cl)c(F)c(=O)n1CC(F)(F)C(F)F. The Kier molecular flexibility index (Phi) is 3.60. The molecule has 0 fully saturated rings. The van der Waals surface area contributed by atoms with Crippen molar-refractivity contribution >= 4 is 11.6 Å². The van der Waals surface area contributed by atoms with Crippen molar-refractivity contribution in [2.75, 3.05) is 0 Å². The minimum Gasteiger partial charge on any atom is -0.295 e. The maximum absolute atomic E-state index is 12.9. The molecule has 0 saturated heterocycles. The number of nitrogens with one attached hydrogen (secondary N) is 1. The minimum absolute atomic E-state index is 0.382. The predicted octanol–water partition coefficient (Wildman–Crippen LogP) is 1.23. The van der Waals surface area contributed by atoms with Crippen molar-refractivity contribution in [2.45, 2.75) is 18.9 Å². The molecule has 0 aliphatic rings. The lowest BCUT2D eigenvalue weighted by Crippen LogP contribution is -2.44. The molecule has 0 atom stereocenters. The lowest BCUT2D eigenvalue weighted by Gasteiger charge is -2.15. The van der Waals surface area contributed by atoms with Gasteiger partial charge in [0.05, 0.1) is 0 Å². The lowest BCUT2D eigenvalue weighted by atomic mass is 10.3. The van der Waals surface area contributed by atoms with Crippen molar-refractivity contribution in [2.24, 2.45) is 0 Å². The molecule has 0 aliphatic carbocycles. The van der Waals surface area contributed by atoms with Crippen LogP contribution in [-0.4, -0.2) is 21.9 Å². The zero-order valence-electron chi connectivity index (χ0n) is 7.82. The summed E-state index contributed by atoms with van der Waals surface area (Å²) in [7, 11) is 0.